The second-order valence-electron chi connectivity index (χ2n) is 5.39. The first-order valence-electron chi connectivity index (χ1n) is 6.89. The zero-order chi connectivity index (χ0) is 15.0. The Morgan fingerprint density at radius 2 is 1.81 bits per heavy atom. The summed E-state index contributed by atoms with van der Waals surface area (Å²) in [4.78, 5) is 0.311. The van der Waals surface area contributed by atoms with Gasteiger partial charge in [-0.1, -0.05) is 18.2 Å². The molecule has 0 aromatic heterocycles. The van der Waals surface area contributed by atoms with Crippen molar-refractivity contribution in [1.29, 1.82) is 0 Å². The quantitative estimate of drug-likeness (QED) is 0.916. The second kappa shape index (κ2) is 5.16. The summed E-state index contributed by atoms with van der Waals surface area (Å²) >= 11 is 0. The molecule has 0 aliphatic carbocycles. The molecule has 4 nitrogen and oxygen atoms in total. The minimum absolute atomic E-state index is 0.311. The summed E-state index contributed by atoms with van der Waals surface area (Å²) in [7, 11) is -3.55. The normalized spacial score (nSPS) is 14.0. The van der Waals surface area contributed by atoms with Crippen LogP contribution in [-0.4, -0.2) is 8.42 Å². The van der Waals surface area contributed by atoms with Crippen LogP contribution in [0, 0.1) is 13.8 Å². The number of nitrogens with one attached hydrogen (secondary N) is 2. The van der Waals surface area contributed by atoms with Gasteiger partial charge in [-0.05, 0) is 54.3 Å². The van der Waals surface area contributed by atoms with E-state index in [9.17, 15) is 8.42 Å². The topological polar surface area (TPSA) is 58.2 Å². The Labute approximate surface area is 125 Å². The van der Waals surface area contributed by atoms with E-state index in [-0.39, 0.29) is 0 Å². The average molecular weight is 302 g/mol. The predicted octanol–water partition coefficient (Wildman–Crippen LogP) is 2.71. The van der Waals surface area contributed by atoms with E-state index in [0.29, 0.717) is 10.6 Å². The number of fused-ring (bicyclic) bond motifs is 1. The molecular formula is C16H18N2O2S. The van der Waals surface area contributed by atoms with E-state index < -0.39 is 10.0 Å². The molecule has 0 unspecified atom stereocenters. The zero-order valence-corrected chi connectivity index (χ0v) is 12.9. The van der Waals surface area contributed by atoms with E-state index in [1.165, 1.54) is 5.56 Å². The Hall–Kier alpha value is -1.85. The molecular weight excluding hydrogens is 284 g/mol. The molecule has 3 rings (SSSR count). The molecule has 0 spiro atoms. The van der Waals surface area contributed by atoms with Gasteiger partial charge in [0.15, 0.2) is 0 Å². The van der Waals surface area contributed by atoms with Gasteiger partial charge in [0.05, 0.1) is 10.6 Å². The molecule has 5 heteroatoms. The van der Waals surface area contributed by atoms with Crippen LogP contribution in [-0.2, 0) is 23.1 Å². The maximum absolute atomic E-state index is 12.5. The fourth-order valence-electron chi connectivity index (χ4n) is 2.50. The van der Waals surface area contributed by atoms with Crippen molar-refractivity contribution >= 4 is 15.7 Å². The van der Waals surface area contributed by atoms with Gasteiger partial charge in [0, 0.05) is 13.1 Å². The summed E-state index contributed by atoms with van der Waals surface area (Å²) < 4.78 is 27.8. The Kier molecular flexibility index (Phi) is 3.47. The summed E-state index contributed by atoms with van der Waals surface area (Å²) in [5.41, 5.74) is 4.87. The fraction of sp³-hybridized carbons (Fsp3) is 0.250. The lowest BCUT2D eigenvalue weighted by atomic mass is 10.1. The maximum atomic E-state index is 12.5. The molecule has 2 aromatic carbocycles. The lowest BCUT2D eigenvalue weighted by Crippen LogP contribution is -2.14. The molecule has 2 aromatic rings. The SMILES string of the molecule is Cc1cccc(NS(=O)(=O)c2ccc3c(c2)CNC3)c1C. The smallest absolute Gasteiger partial charge is 0.261 e. The molecule has 1 heterocycles. The number of rotatable bonds is 3. The third-order valence-electron chi connectivity index (χ3n) is 3.97. The first-order valence-corrected chi connectivity index (χ1v) is 8.37. The monoisotopic (exact) mass is 302 g/mol. The van der Waals surface area contributed by atoms with Gasteiger partial charge in [0.2, 0.25) is 0 Å². The maximum Gasteiger partial charge on any atom is 0.261 e. The van der Waals surface area contributed by atoms with Crippen molar-refractivity contribution in [2.75, 3.05) is 4.72 Å². The van der Waals surface area contributed by atoms with Crippen LogP contribution >= 0.6 is 0 Å². The molecule has 110 valence electrons. The van der Waals surface area contributed by atoms with Gasteiger partial charge in [-0.25, -0.2) is 8.42 Å². The summed E-state index contributed by atoms with van der Waals surface area (Å²) in [6.07, 6.45) is 0. The number of hydrogen-bond acceptors (Lipinski definition) is 3. The highest BCUT2D eigenvalue weighted by Gasteiger charge is 2.19. The number of sulfonamides is 1. The lowest BCUT2D eigenvalue weighted by Gasteiger charge is -2.12. The molecule has 0 amide bonds. The largest absolute Gasteiger partial charge is 0.309 e. The molecule has 0 atom stereocenters. The molecule has 1 aliphatic rings. The predicted molar refractivity (Wildman–Crippen MR) is 83.7 cm³/mol. The highest BCUT2D eigenvalue weighted by Crippen LogP contribution is 2.24. The van der Waals surface area contributed by atoms with Gasteiger partial charge in [-0.2, -0.15) is 0 Å². The molecule has 0 bridgehead atoms. The van der Waals surface area contributed by atoms with Crippen LogP contribution < -0.4 is 10.0 Å². The zero-order valence-electron chi connectivity index (χ0n) is 12.1. The highest BCUT2D eigenvalue weighted by atomic mass is 32.2. The number of hydrogen-bond donors (Lipinski definition) is 2. The highest BCUT2D eigenvalue weighted by molar-refractivity contribution is 7.92. The molecule has 1 aliphatic heterocycles. The van der Waals surface area contributed by atoms with Gasteiger partial charge >= 0.3 is 0 Å². The second-order valence-corrected chi connectivity index (χ2v) is 7.07. The van der Waals surface area contributed by atoms with Crippen molar-refractivity contribution in [2.24, 2.45) is 0 Å². The lowest BCUT2D eigenvalue weighted by molar-refractivity contribution is 0.601. The summed E-state index contributed by atoms with van der Waals surface area (Å²) in [6.45, 7) is 5.41. The van der Waals surface area contributed by atoms with E-state index in [2.05, 4.69) is 10.0 Å². The van der Waals surface area contributed by atoms with Crippen molar-refractivity contribution in [3.63, 3.8) is 0 Å². The molecule has 2 N–H and O–H groups in total. The molecule has 0 fully saturated rings. The summed E-state index contributed by atoms with van der Waals surface area (Å²) in [5.74, 6) is 0. The molecule has 21 heavy (non-hydrogen) atoms. The van der Waals surface area contributed by atoms with Crippen molar-refractivity contribution in [3.05, 3.63) is 58.7 Å². The minimum atomic E-state index is -3.55. The number of benzene rings is 2. The minimum Gasteiger partial charge on any atom is -0.309 e. The summed E-state index contributed by atoms with van der Waals surface area (Å²) in [6, 6.07) is 10.9. The van der Waals surface area contributed by atoms with E-state index >= 15 is 0 Å². The fourth-order valence-corrected chi connectivity index (χ4v) is 3.68. The van der Waals surface area contributed by atoms with Crippen LogP contribution in [0.2, 0.25) is 0 Å². The van der Waals surface area contributed by atoms with Crippen molar-refractivity contribution in [1.82, 2.24) is 5.32 Å². The number of aryl methyl sites for hydroxylation is 1. The molecule has 0 radical (unpaired) electrons. The van der Waals surface area contributed by atoms with Gasteiger partial charge in [-0.15, -0.1) is 0 Å². The first kappa shape index (κ1) is 14.1. The Morgan fingerprint density at radius 1 is 1.05 bits per heavy atom. The van der Waals surface area contributed by atoms with Gasteiger partial charge in [0.25, 0.3) is 10.0 Å². The Balaban J connectivity index is 1.96. The van der Waals surface area contributed by atoms with Crippen LogP contribution in [0.3, 0.4) is 0 Å². The first-order chi connectivity index (χ1) is 9.97. The average Bonchev–Trinajstić information content (AvgIpc) is 2.91. The van der Waals surface area contributed by atoms with E-state index in [0.717, 1.165) is 29.8 Å². The van der Waals surface area contributed by atoms with Crippen molar-refractivity contribution < 1.29 is 8.42 Å². The number of anilines is 1. The van der Waals surface area contributed by atoms with Gasteiger partial charge < -0.3 is 5.32 Å². The van der Waals surface area contributed by atoms with Crippen LogP contribution in [0.4, 0.5) is 5.69 Å². The van der Waals surface area contributed by atoms with Gasteiger partial charge in [-0.3, -0.25) is 4.72 Å². The van der Waals surface area contributed by atoms with Crippen LogP contribution in [0.15, 0.2) is 41.3 Å². The van der Waals surface area contributed by atoms with Crippen LogP contribution in [0.1, 0.15) is 22.3 Å². The van der Waals surface area contributed by atoms with Crippen LogP contribution in [0.25, 0.3) is 0 Å². The molecule has 0 saturated carbocycles. The summed E-state index contributed by atoms with van der Waals surface area (Å²) in [5, 5.41) is 3.22. The Morgan fingerprint density at radius 3 is 2.62 bits per heavy atom. The Bertz CT molecular complexity index is 798. The van der Waals surface area contributed by atoms with Gasteiger partial charge in [0.1, 0.15) is 0 Å². The van der Waals surface area contributed by atoms with E-state index in [4.69, 9.17) is 0 Å². The third kappa shape index (κ3) is 2.66. The van der Waals surface area contributed by atoms with Crippen molar-refractivity contribution in [2.45, 2.75) is 31.8 Å². The molecule has 0 saturated heterocycles. The standard InChI is InChI=1S/C16H18N2O2S/c1-11-4-3-5-16(12(11)2)18-21(19,20)15-7-6-13-9-17-10-14(13)8-15/h3-8,17-18H,9-10H2,1-2H3. The van der Waals surface area contributed by atoms with E-state index in [1.54, 1.807) is 18.2 Å². The van der Waals surface area contributed by atoms with E-state index in [1.807, 2.05) is 32.0 Å². The van der Waals surface area contributed by atoms with Crippen LogP contribution in [0.5, 0.6) is 0 Å². The van der Waals surface area contributed by atoms with Crippen molar-refractivity contribution in [3.8, 4) is 0 Å². The third-order valence-corrected chi connectivity index (χ3v) is 5.33.